The molecule has 15 atom stereocenters. The fourth-order valence-electron chi connectivity index (χ4n) is 6.87. The van der Waals surface area contributed by atoms with Crippen molar-refractivity contribution in [2.75, 3.05) is 0 Å². The Bertz CT molecular complexity index is 1320. The van der Waals surface area contributed by atoms with Crippen LogP contribution in [0.3, 0.4) is 0 Å². The van der Waals surface area contributed by atoms with E-state index in [0.29, 0.717) is 0 Å². The van der Waals surface area contributed by atoms with Gasteiger partial charge in [-0.1, -0.05) is 74.6 Å². The van der Waals surface area contributed by atoms with E-state index in [1.54, 1.807) is 32.1 Å². The molecule has 0 saturated carbocycles. The van der Waals surface area contributed by atoms with Crippen molar-refractivity contribution in [3.63, 3.8) is 0 Å². The topological polar surface area (TPSA) is 275 Å². The van der Waals surface area contributed by atoms with E-state index in [0.717, 1.165) is 12.8 Å². The number of hydrogen-bond acceptors (Lipinski definition) is 14. The SMILES string of the molecule is C[C@@H]1[C@H](O)[C@@H](C)C=CC=CCCC=CC=CC(O)CC=C[C@H](O)CC2O[C@](O)(C[C@@H](O)[C@H](O)CC[C@@H](O)C[C@@H](O)C[C@@H](O)CC(=O)O[C@H]1C)C[C@H](O)[C@H]2C(=O)O. The van der Waals surface area contributed by atoms with Gasteiger partial charge in [-0.3, -0.25) is 9.59 Å². The zero-order valence-electron chi connectivity index (χ0n) is 32.7. The lowest BCUT2D eigenvalue weighted by Gasteiger charge is -2.44. The van der Waals surface area contributed by atoms with Gasteiger partial charge in [0.05, 0.1) is 67.5 Å². The second-order valence-electron chi connectivity index (χ2n) is 15.4. The van der Waals surface area contributed by atoms with Crippen LogP contribution in [0.4, 0.5) is 0 Å². The molecule has 2 heterocycles. The number of carboxylic acid groups (broad SMARTS) is 1. The maximum atomic E-state index is 12.5. The highest BCUT2D eigenvalue weighted by atomic mass is 16.6. The van der Waals surface area contributed by atoms with Crippen molar-refractivity contribution in [1.29, 1.82) is 0 Å². The molecule has 11 N–H and O–H groups in total. The maximum Gasteiger partial charge on any atom is 0.311 e. The smallest absolute Gasteiger partial charge is 0.311 e. The summed E-state index contributed by atoms with van der Waals surface area (Å²) in [7, 11) is 0. The molecule has 320 valence electrons. The number of aliphatic hydroxyl groups is 10. The van der Waals surface area contributed by atoms with Crippen LogP contribution in [-0.2, 0) is 19.1 Å². The van der Waals surface area contributed by atoms with E-state index >= 15 is 0 Å². The van der Waals surface area contributed by atoms with Gasteiger partial charge in [0.2, 0.25) is 0 Å². The molecule has 0 aromatic carbocycles. The molecule has 1 saturated heterocycles. The molecule has 2 unspecified atom stereocenters. The minimum atomic E-state index is -2.28. The third-order valence-corrected chi connectivity index (χ3v) is 10.3. The van der Waals surface area contributed by atoms with Crippen molar-refractivity contribution in [3.8, 4) is 0 Å². The lowest BCUT2D eigenvalue weighted by atomic mass is 9.82. The molecule has 2 aliphatic heterocycles. The zero-order chi connectivity index (χ0) is 42.0. The third-order valence-electron chi connectivity index (χ3n) is 10.3. The molecule has 0 amide bonds. The van der Waals surface area contributed by atoms with Gasteiger partial charge in [-0.25, -0.2) is 0 Å². The Labute approximate surface area is 329 Å². The van der Waals surface area contributed by atoms with Gasteiger partial charge in [-0.15, -0.1) is 0 Å². The summed E-state index contributed by atoms with van der Waals surface area (Å²) in [5.74, 6) is -6.64. The molecule has 0 aromatic rings. The van der Waals surface area contributed by atoms with Crippen molar-refractivity contribution in [1.82, 2.24) is 0 Å². The van der Waals surface area contributed by atoms with E-state index in [4.69, 9.17) is 9.47 Å². The largest absolute Gasteiger partial charge is 0.481 e. The fraction of sp³-hybridized carbons (Fsp3) is 0.707. The number of carbonyl (C=O) groups excluding carboxylic acids is 1. The summed E-state index contributed by atoms with van der Waals surface area (Å²) in [4.78, 5) is 24.5. The molecule has 2 aliphatic rings. The first kappa shape index (κ1) is 49.3. The first-order chi connectivity index (χ1) is 26.3. The first-order valence-corrected chi connectivity index (χ1v) is 19.6. The van der Waals surface area contributed by atoms with Crippen LogP contribution in [0, 0.1) is 17.8 Å². The molecule has 15 heteroatoms. The first-order valence-electron chi connectivity index (χ1n) is 19.6. The fourth-order valence-corrected chi connectivity index (χ4v) is 6.87. The average molecular weight is 799 g/mol. The van der Waals surface area contributed by atoms with Gasteiger partial charge < -0.3 is 65.6 Å². The number of aliphatic carboxylic acids is 1. The molecule has 15 nitrogen and oxygen atoms in total. The quantitative estimate of drug-likeness (QED) is 0.132. The second kappa shape index (κ2) is 24.9. The Morgan fingerprint density at radius 1 is 0.696 bits per heavy atom. The predicted molar refractivity (Wildman–Crippen MR) is 205 cm³/mol. The number of allylic oxidation sites excluding steroid dienone is 6. The lowest BCUT2D eigenvalue weighted by molar-refractivity contribution is -0.302. The summed E-state index contributed by atoms with van der Waals surface area (Å²) in [5.41, 5.74) is 0. The number of cyclic esters (lactones) is 1. The molecule has 0 radical (unpaired) electrons. The third kappa shape index (κ3) is 18.2. The summed E-state index contributed by atoms with van der Waals surface area (Å²) in [5, 5.41) is 116. The summed E-state index contributed by atoms with van der Waals surface area (Å²) < 4.78 is 11.1. The Balaban J connectivity index is 2.16. The van der Waals surface area contributed by atoms with E-state index in [1.165, 1.54) is 12.2 Å². The van der Waals surface area contributed by atoms with Crippen molar-refractivity contribution < 1.29 is 75.2 Å². The molecule has 0 aliphatic carbocycles. The summed E-state index contributed by atoms with van der Waals surface area (Å²) >= 11 is 0. The number of rotatable bonds is 1. The van der Waals surface area contributed by atoms with Crippen molar-refractivity contribution in [2.45, 2.75) is 164 Å². The Morgan fingerprint density at radius 3 is 1.95 bits per heavy atom. The van der Waals surface area contributed by atoms with Crippen LogP contribution in [-0.4, -0.2) is 141 Å². The molecule has 0 aromatic heterocycles. The van der Waals surface area contributed by atoms with Crippen LogP contribution in [0.25, 0.3) is 0 Å². The van der Waals surface area contributed by atoms with Gasteiger partial charge in [-0.2, -0.15) is 0 Å². The van der Waals surface area contributed by atoms with Crippen molar-refractivity contribution >= 4 is 11.9 Å². The normalized spacial score (nSPS) is 40.5. The van der Waals surface area contributed by atoms with Gasteiger partial charge in [-0.05, 0) is 51.9 Å². The van der Waals surface area contributed by atoms with Crippen LogP contribution in [0.5, 0.6) is 0 Å². The van der Waals surface area contributed by atoms with Crippen molar-refractivity contribution in [2.24, 2.45) is 17.8 Å². The Morgan fingerprint density at radius 2 is 1.30 bits per heavy atom. The lowest BCUT2D eigenvalue weighted by Crippen LogP contribution is -2.56. The highest BCUT2D eigenvalue weighted by molar-refractivity contribution is 5.71. The Hall–Kier alpha value is -2.80. The van der Waals surface area contributed by atoms with Crippen LogP contribution < -0.4 is 0 Å². The summed E-state index contributed by atoms with van der Waals surface area (Å²) in [6, 6.07) is 0. The monoisotopic (exact) mass is 798 g/mol. The van der Waals surface area contributed by atoms with Gasteiger partial charge in [0.1, 0.15) is 12.0 Å². The van der Waals surface area contributed by atoms with E-state index in [9.17, 15) is 65.8 Å². The molecule has 56 heavy (non-hydrogen) atoms. The van der Waals surface area contributed by atoms with E-state index in [2.05, 4.69) is 0 Å². The van der Waals surface area contributed by atoms with Crippen LogP contribution >= 0.6 is 0 Å². The number of carbonyl (C=O) groups is 2. The summed E-state index contributed by atoms with van der Waals surface area (Å²) in [6.07, 6.45) is 2.54. The van der Waals surface area contributed by atoms with Gasteiger partial charge in [0, 0.05) is 31.1 Å². The predicted octanol–water partition coefficient (Wildman–Crippen LogP) is 1.31. The summed E-state index contributed by atoms with van der Waals surface area (Å²) in [6.45, 7) is 5.24. The number of carboxylic acids is 1. The molecular weight excluding hydrogens is 732 g/mol. The molecule has 0 spiro atoms. The maximum absolute atomic E-state index is 12.5. The standard InChI is InChI=1S/C41H66O15/c1-25-13-10-8-6-4-5-7-9-11-14-28(42)15-12-16-29(43)21-36-38(40(52)53)35(49)24-41(54,56-36)23-34(48)33(47)18-17-30(44)19-31(45)20-32(46)22-37(50)55-27(3)26(2)39(25)51/h6-14,16,25-36,38-39,42-49,51,54H,4-5,15,17-24H2,1-3H3,(H,52,53)/t25-,26-,27-,28?,29-,30+,31+,32+,33+,34+,35-,36?,38+,39+,41+/m0/s1. The zero-order valence-corrected chi connectivity index (χ0v) is 32.7. The molecule has 2 rings (SSSR count). The minimum absolute atomic E-state index is 0.111. The van der Waals surface area contributed by atoms with Gasteiger partial charge in [0.25, 0.3) is 0 Å². The van der Waals surface area contributed by atoms with E-state index in [1.807, 2.05) is 37.3 Å². The van der Waals surface area contributed by atoms with Crippen LogP contribution in [0.15, 0.2) is 60.8 Å². The molecule has 1 fully saturated rings. The van der Waals surface area contributed by atoms with Crippen LogP contribution in [0.2, 0.25) is 0 Å². The Kier molecular flexibility index (Phi) is 21.9. The van der Waals surface area contributed by atoms with Gasteiger partial charge in [0.15, 0.2) is 5.79 Å². The van der Waals surface area contributed by atoms with Gasteiger partial charge >= 0.3 is 11.9 Å². The van der Waals surface area contributed by atoms with E-state index < -0.39 is 116 Å². The number of aliphatic hydroxyl groups excluding tert-OH is 9. The van der Waals surface area contributed by atoms with Crippen molar-refractivity contribution in [3.05, 3.63) is 60.8 Å². The number of esters is 1. The van der Waals surface area contributed by atoms with E-state index in [-0.39, 0.29) is 44.4 Å². The number of fused-ring (bicyclic) bond motifs is 2. The second-order valence-corrected chi connectivity index (χ2v) is 15.4. The number of hydrogen-bond donors (Lipinski definition) is 11. The number of ether oxygens (including phenoxy) is 2. The highest BCUT2D eigenvalue weighted by Crippen LogP contribution is 2.37. The minimum Gasteiger partial charge on any atom is -0.481 e. The average Bonchev–Trinajstić information content (AvgIpc) is 3.09. The molecular formula is C41H66O15. The highest BCUT2D eigenvalue weighted by Gasteiger charge is 2.50. The molecule has 2 bridgehead atoms. The van der Waals surface area contributed by atoms with Crippen LogP contribution in [0.1, 0.15) is 91.4 Å².